The molecule has 4 heteroatoms. The molecule has 52 heavy (non-hydrogen) atoms. The van der Waals surface area contributed by atoms with Gasteiger partial charge in [0.1, 0.15) is 0 Å². The fourth-order valence-electron chi connectivity index (χ4n) is 6.97. The van der Waals surface area contributed by atoms with E-state index >= 15 is 0 Å². The van der Waals surface area contributed by atoms with E-state index in [2.05, 4.69) is 159 Å². The van der Waals surface area contributed by atoms with Crippen LogP contribution in [0.3, 0.4) is 0 Å². The van der Waals surface area contributed by atoms with E-state index in [0.29, 0.717) is 17.5 Å². The lowest BCUT2D eigenvalue weighted by Crippen LogP contribution is -2.00. The second-order valence-corrected chi connectivity index (χ2v) is 14.4. The van der Waals surface area contributed by atoms with Gasteiger partial charge in [-0.05, 0) is 83.5 Å². The Hall–Kier alpha value is -6.23. The van der Waals surface area contributed by atoms with Crippen LogP contribution in [0.4, 0.5) is 0 Å². The van der Waals surface area contributed by atoms with Gasteiger partial charge in [0.05, 0.1) is 0 Å². The van der Waals surface area contributed by atoms with Gasteiger partial charge in [-0.15, -0.1) is 11.3 Å². The first-order valence-corrected chi connectivity index (χ1v) is 18.5. The van der Waals surface area contributed by atoms with E-state index in [-0.39, 0.29) is 0 Å². The zero-order valence-corrected chi connectivity index (χ0v) is 29.6. The first kappa shape index (κ1) is 31.7. The van der Waals surface area contributed by atoms with Gasteiger partial charge in [0.15, 0.2) is 17.5 Å². The van der Waals surface area contributed by atoms with Gasteiger partial charge in [0, 0.05) is 36.9 Å². The van der Waals surface area contributed by atoms with Crippen LogP contribution in [-0.2, 0) is 12.8 Å². The highest BCUT2D eigenvalue weighted by molar-refractivity contribution is 7.25. The quantitative estimate of drug-likeness (QED) is 0.160. The molecular weight excluding hydrogens is 651 g/mol. The summed E-state index contributed by atoms with van der Waals surface area (Å²) < 4.78 is 2.70. The second-order valence-electron chi connectivity index (χ2n) is 13.3. The van der Waals surface area contributed by atoms with Gasteiger partial charge in [-0.25, -0.2) is 15.0 Å². The Morgan fingerprint density at radius 1 is 0.365 bits per heavy atom. The summed E-state index contributed by atoms with van der Waals surface area (Å²) in [5, 5.41) is 2.71. The van der Waals surface area contributed by atoms with Crippen molar-refractivity contribution in [3.05, 3.63) is 187 Å². The molecule has 0 saturated carbocycles. The summed E-state index contributed by atoms with van der Waals surface area (Å²) >= 11 is 1.87. The topological polar surface area (TPSA) is 38.7 Å². The Morgan fingerprint density at radius 2 is 0.865 bits per heavy atom. The van der Waals surface area contributed by atoms with Crippen molar-refractivity contribution in [3.63, 3.8) is 0 Å². The van der Waals surface area contributed by atoms with E-state index in [1.807, 2.05) is 29.5 Å². The molecule has 0 spiro atoms. The highest BCUT2D eigenvalue weighted by Crippen LogP contribution is 2.35. The first-order valence-electron chi connectivity index (χ1n) is 17.7. The molecule has 0 fully saturated rings. The molecule has 0 bridgehead atoms. The minimum atomic E-state index is 0.652. The number of aryl methyl sites for hydroxylation is 3. The molecule has 3 nitrogen and oxygen atoms in total. The van der Waals surface area contributed by atoms with Gasteiger partial charge in [0.25, 0.3) is 0 Å². The molecule has 7 aromatic carbocycles. The molecule has 0 unspecified atom stereocenters. The highest BCUT2D eigenvalue weighted by atomic mass is 32.1. The standard InChI is InChI=1S/C48H35N3S/c1-32-11-7-15-36(27-32)38-17-9-19-40(30-38)47-49-46(35-13-3-2-4-14-35)50-48(51-47)41-20-10-18-39(31-41)37-16-8-12-33(28-37)23-24-34-25-26-45-43(29-34)42-21-5-6-22-44(42)52-45/h2-22,25-31H,23-24H2,1H3. The molecule has 0 saturated heterocycles. The minimum Gasteiger partial charge on any atom is -0.208 e. The van der Waals surface area contributed by atoms with Gasteiger partial charge in [-0.2, -0.15) is 0 Å². The molecule has 9 rings (SSSR count). The molecule has 0 aliphatic carbocycles. The molecule has 0 N–H and O–H groups in total. The van der Waals surface area contributed by atoms with Crippen molar-refractivity contribution >= 4 is 31.5 Å². The Kier molecular flexibility index (Phi) is 8.44. The van der Waals surface area contributed by atoms with Crippen LogP contribution in [0.25, 0.3) is 76.6 Å². The van der Waals surface area contributed by atoms with Gasteiger partial charge in [0.2, 0.25) is 0 Å². The third-order valence-electron chi connectivity index (χ3n) is 9.66. The largest absolute Gasteiger partial charge is 0.208 e. The van der Waals surface area contributed by atoms with Crippen LogP contribution in [0, 0.1) is 6.92 Å². The molecule has 0 radical (unpaired) electrons. The van der Waals surface area contributed by atoms with Gasteiger partial charge in [-0.1, -0.05) is 145 Å². The van der Waals surface area contributed by atoms with Crippen LogP contribution in [0.1, 0.15) is 16.7 Å². The van der Waals surface area contributed by atoms with Crippen molar-refractivity contribution in [1.29, 1.82) is 0 Å². The van der Waals surface area contributed by atoms with Crippen LogP contribution in [-0.4, -0.2) is 15.0 Å². The monoisotopic (exact) mass is 685 g/mol. The number of nitrogens with zero attached hydrogens (tertiary/aromatic N) is 3. The Balaban J connectivity index is 1.03. The number of rotatable bonds is 8. The second kappa shape index (κ2) is 13.8. The minimum absolute atomic E-state index is 0.652. The van der Waals surface area contributed by atoms with Crippen LogP contribution < -0.4 is 0 Å². The molecule has 9 aromatic rings. The zero-order chi connectivity index (χ0) is 34.9. The predicted octanol–water partition coefficient (Wildman–Crippen LogP) is 12.7. The van der Waals surface area contributed by atoms with Gasteiger partial charge in [-0.3, -0.25) is 0 Å². The smallest absolute Gasteiger partial charge is 0.164 e. The number of thiophene rings is 1. The third-order valence-corrected chi connectivity index (χ3v) is 10.8. The number of hydrogen-bond acceptors (Lipinski definition) is 4. The molecule has 0 amide bonds. The number of hydrogen-bond donors (Lipinski definition) is 0. The van der Waals surface area contributed by atoms with Crippen molar-refractivity contribution in [2.75, 3.05) is 0 Å². The normalized spacial score (nSPS) is 11.3. The van der Waals surface area contributed by atoms with E-state index in [1.54, 1.807) is 0 Å². The van der Waals surface area contributed by atoms with Crippen LogP contribution >= 0.6 is 11.3 Å². The molecule has 248 valence electrons. The molecule has 2 aromatic heterocycles. The Bertz CT molecular complexity index is 2710. The lowest BCUT2D eigenvalue weighted by Gasteiger charge is -2.11. The summed E-state index contributed by atoms with van der Waals surface area (Å²) in [7, 11) is 0. The summed E-state index contributed by atoms with van der Waals surface area (Å²) in [5.41, 5.74) is 11.4. The van der Waals surface area contributed by atoms with Gasteiger partial charge >= 0.3 is 0 Å². The average Bonchev–Trinajstić information content (AvgIpc) is 3.58. The van der Waals surface area contributed by atoms with Crippen molar-refractivity contribution < 1.29 is 0 Å². The SMILES string of the molecule is Cc1cccc(-c2cccc(-c3nc(-c4ccccc4)nc(-c4cccc(-c5cccc(CCc6ccc7sc8ccccc8c7c6)c5)c4)n3)c2)c1. The highest BCUT2D eigenvalue weighted by Gasteiger charge is 2.14. The number of benzene rings is 7. The van der Waals surface area contributed by atoms with E-state index in [0.717, 1.165) is 40.7 Å². The number of fused-ring (bicyclic) bond motifs is 3. The van der Waals surface area contributed by atoms with Crippen LogP contribution in [0.15, 0.2) is 170 Å². The van der Waals surface area contributed by atoms with Crippen molar-refractivity contribution in [2.24, 2.45) is 0 Å². The maximum atomic E-state index is 5.08. The summed E-state index contributed by atoms with van der Waals surface area (Å²) in [4.78, 5) is 15.1. The molecule has 0 aliphatic heterocycles. The number of aromatic nitrogens is 3. The maximum Gasteiger partial charge on any atom is 0.164 e. The zero-order valence-electron chi connectivity index (χ0n) is 28.8. The van der Waals surface area contributed by atoms with Crippen LogP contribution in [0.5, 0.6) is 0 Å². The Morgan fingerprint density at radius 3 is 1.56 bits per heavy atom. The summed E-state index contributed by atoms with van der Waals surface area (Å²) in [6.45, 7) is 2.12. The maximum absolute atomic E-state index is 5.08. The van der Waals surface area contributed by atoms with Crippen molar-refractivity contribution in [2.45, 2.75) is 19.8 Å². The van der Waals surface area contributed by atoms with Crippen molar-refractivity contribution in [3.8, 4) is 56.4 Å². The van der Waals surface area contributed by atoms with Gasteiger partial charge < -0.3 is 0 Å². The molecular formula is C48H35N3S. The fraction of sp³-hybridized carbons (Fsp3) is 0.0625. The summed E-state index contributed by atoms with van der Waals surface area (Å²) in [6, 6.07) is 60.3. The van der Waals surface area contributed by atoms with Crippen LogP contribution in [0.2, 0.25) is 0 Å². The van der Waals surface area contributed by atoms with E-state index in [1.165, 1.54) is 48.0 Å². The predicted molar refractivity (Wildman–Crippen MR) is 218 cm³/mol. The average molecular weight is 686 g/mol. The van der Waals surface area contributed by atoms with E-state index in [4.69, 9.17) is 15.0 Å². The molecule has 0 atom stereocenters. The summed E-state index contributed by atoms with van der Waals surface area (Å²) in [6.07, 6.45) is 1.96. The van der Waals surface area contributed by atoms with E-state index < -0.39 is 0 Å². The third kappa shape index (κ3) is 6.53. The molecule has 0 aliphatic rings. The Labute approximate surface area is 308 Å². The van der Waals surface area contributed by atoms with E-state index in [9.17, 15) is 0 Å². The van der Waals surface area contributed by atoms with Crippen molar-refractivity contribution in [1.82, 2.24) is 15.0 Å². The lowest BCUT2D eigenvalue weighted by molar-refractivity contribution is 0.963. The first-order chi connectivity index (χ1) is 25.6. The summed E-state index contributed by atoms with van der Waals surface area (Å²) in [5.74, 6) is 1.96. The molecule has 2 heterocycles. The fourth-order valence-corrected chi connectivity index (χ4v) is 8.06. The lowest BCUT2D eigenvalue weighted by atomic mass is 9.97.